The number of hydrogen-bond donors (Lipinski definition) is 2. The smallest absolute Gasteiger partial charge is 0.264 e. The molecule has 5 amide bonds. The van der Waals surface area contributed by atoms with Crippen molar-refractivity contribution in [3.63, 3.8) is 0 Å². The van der Waals surface area contributed by atoms with Gasteiger partial charge in [-0.15, -0.1) is 0 Å². The van der Waals surface area contributed by atoms with E-state index in [0.29, 0.717) is 50.4 Å². The second kappa shape index (κ2) is 11.0. The quantitative estimate of drug-likeness (QED) is 0.396. The van der Waals surface area contributed by atoms with E-state index in [1.54, 1.807) is 18.2 Å². The van der Waals surface area contributed by atoms with Gasteiger partial charge >= 0.3 is 0 Å². The Hall–Kier alpha value is -3.27. The van der Waals surface area contributed by atoms with Crippen molar-refractivity contribution in [3.05, 3.63) is 29.3 Å². The number of anilines is 1. The Morgan fingerprint density at radius 2 is 1.66 bits per heavy atom. The molecular weight excluding hydrogens is 450 g/mol. The van der Waals surface area contributed by atoms with E-state index in [1.807, 2.05) is 9.80 Å². The summed E-state index contributed by atoms with van der Waals surface area (Å²) >= 11 is 0. The van der Waals surface area contributed by atoms with E-state index in [-0.39, 0.29) is 24.3 Å². The summed E-state index contributed by atoms with van der Waals surface area (Å²) in [5, 5.41) is 2.22. The third-order valence-corrected chi connectivity index (χ3v) is 7.01. The maximum Gasteiger partial charge on any atom is 0.264 e. The van der Waals surface area contributed by atoms with Crippen LogP contribution in [-0.2, 0) is 14.4 Å². The number of unbranched alkanes of at least 4 members (excludes halogenated alkanes) is 4. The van der Waals surface area contributed by atoms with Crippen LogP contribution in [0.2, 0.25) is 0 Å². The molecule has 0 aliphatic carbocycles. The van der Waals surface area contributed by atoms with Gasteiger partial charge in [-0.1, -0.05) is 25.3 Å². The van der Waals surface area contributed by atoms with Gasteiger partial charge in [-0.3, -0.25) is 34.2 Å². The summed E-state index contributed by atoms with van der Waals surface area (Å²) in [6.45, 7) is 2.92. The largest absolute Gasteiger partial charge is 0.367 e. The summed E-state index contributed by atoms with van der Waals surface area (Å²) in [6.07, 6.45) is 5.88. The van der Waals surface area contributed by atoms with E-state index < -0.39 is 29.7 Å². The van der Waals surface area contributed by atoms with E-state index in [4.69, 9.17) is 5.73 Å². The van der Waals surface area contributed by atoms with Crippen molar-refractivity contribution in [2.75, 3.05) is 37.6 Å². The molecule has 0 bridgehead atoms. The zero-order valence-electron chi connectivity index (χ0n) is 20.0. The topological polar surface area (TPSA) is 133 Å². The zero-order chi connectivity index (χ0) is 24.9. The molecule has 0 spiro atoms. The Morgan fingerprint density at radius 1 is 0.943 bits per heavy atom. The van der Waals surface area contributed by atoms with Crippen LogP contribution in [0.25, 0.3) is 0 Å². The van der Waals surface area contributed by atoms with Gasteiger partial charge in [0.05, 0.1) is 16.8 Å². The second-order valence-corrected chi connectivity index (χ2v) is 9.32. The van der Waals surface area contributed by atoms with Gasteiger partial charge in [-0.2, -0.15) is 0 Å². The van der Waals surface area contributed by atoms with Crippen LogP contribution < -0.4 is 16.0 Å². The number of imide groups is 2. The number of rotatable bonds is 9. The Kier molecular flexibility index (Phi) is 7.80. The maximum atomic E-state index is 13.3. The fourth-order valence-corrected chi connectivity index (χ4v) is 5.07. The first-order chi connectivity index (χ1) is 16.9. The van der Waals surface area contributed by atoms with Crippen molar-refractivity contribution in [1.82, 2.24) is 15.1 Å². The molecule has 1 aromatic carbocycles. The molecule has 1 aromatic rings. The minimum absolute atomic E-state index is 0.0837. The number of carbonyl (C=O) groups is 5. The monoisotopic (exact) mass is 483 g/mol. The first-order valence-corrected chi connectivity index (χ1v) is 12.5. The van der Waals surface area contributed by atoms with Gasteiger partial charge in [0.15, 0.2) is 0 Å². The predicted molar refractivity (Wildman–Crippen MR) is 129 cm³/mol. The first-order valence-electron chi connectivity index (χ1n) is 12.5. The van der Waals surface area contributed by atoms with Gasteiger partial charge in [0, 0.05) is 39.0 Å². The predicted octanol–water partition coefficient (Wildman–Crippen LogP) is 1.04. The SMILES string of the molecule is NCCCCCCCC(=O)N1CCN(c2cccc3c2C(=O)N(C2CCC(=O)NC2=O)C3=O)CC1. The van der Waals surface area contributed by atoms with Crippen LogP contribution in [0.3, 0.4) is 0 Å². The summed E-state index contributed by atoms with van der Waals surface area (Å²) in [6, 6.07) is 4.14. The molecule has 0 aromatic heterocycles. The first kappa shape index (κ1) is 24.8. The van der Waals surface area contributed by atoms with Crippen LogP contribution >= 0.6 is 0 Å². The number of carbonyl (C=O) groups excluding carboxylic acids is 5. The number of nitrogens with one attached hydrogen (secondary N) is 1. The van der Waals surface area contributed by atoms with Crippen LogP contribution in [0.15, 0.2) is 18.2 Å². The molecule has 1 atom stereocenters. The van der Waals surface area contributed by atoms with Crippen molar-refractivity contribution in [2.24, 2.45) is 5.73 Å². The summed E-state index contributed by atoms with van der Waals surface area (Å²) in [5.41, 5.74) is 6.71. The number of piperazine rings is 1. The third-order valence-electron chi connectivity index (χ3n) is 7.01. The average Bonchev–Trinajstić information content (AvgIpc) is 3.11. The van der Waals surface area contributed by atoms with Gasteiger partial charge in [0.2, 0.25) is 17.7 Å². The highest BCUT2D eigenvalue weighted by Gasteiger charge is 2.46. The number of amides is 5. The molecule has 0 radical (unpaired) electrons. The van der Waals surface area contributed by atoms with E-state index in [9.17, 15) is 24.0 Å². The fourth-order valence-electron chi connectivity index (χ4n) is 5.07. The number of nitrogens with zero attached hydrogens (tertiary/aromatic N) is 3. The van der Waals surface area contributed by atoms with Crippen LogP contribution in [-0.4, -0.2) is 78.1 Å². The Balaban J connectivity index is 1.37. The number of nitrogens with two attached hydrogens (primary N) is 1. The van der Waals surface area contributed by atoms with E-state index in [2.05, 4.69) is 5.32 Å². The lowest BCUT2D eigenvalue weighted by molar-refractivity contribution is -0.136. The van der Waals surface area contributed by atoms with Crippen molar-refractivity contribution >= 4 is 35.2 Å². The van der Waals surface area contributed by atoms with Crippen molar-refractivity contribution < 1.29 is 24.0 Å². The van der Waals surface area contributed by atoms with Crippen molar-refractivity contribution in [1.29, 1.82) is 0 Å². The second-order valence-electron chi connectivity index (χ2n) is 9.32. The molecule has 3 heterocycles. The number of fused-ring (bicyclic) bond motifs is 1. The maximum absolute atomic E-state index is 13.3. The van der Waals surface area contributed by atoms with Crippen LogP contribution in [0.4, 0.5) is 5.69 Å². The van der Waals surface area contributed by atoms with Gasteiger partial charge in [-0.05, 0) is 37.9 Å². The lowest BCUT2D eigenvalue weighted by Crippen LogP contribution is -2.54. The summed E-state index contributed by atoms with van der Waals surface area (Å²) < 4.78 is 0. The van der Waals surface area contributed by atoms with Crippen LogP contribution in [0, 0.1) is 0 Å². The Bertz CT molecular complexity index is 1020. The Labute approximate surface area is 204 Å². The van der Waals surface area contributed by atoms with Gasteiger partial charge in [-0.25, -0.2) is 0 Å². The molecular formula is C25H33N5O5. The molecule has 4 rings (SSSR count). The minimum Gasteiger partial charge on any atom is -0.367 e. The molecule has 3 aliphatic heterocycles. The molecule has 10 heteroatoms. The normalized spacial score (nSPS) is 20.4. The molecule has 0 saturated carbocycles. The highest BCUT2D eigenvalue weighted by Crippen LogP contribution is 2.34. The average molecular weight is 484 g/mol. The van der Waals surface area contributed by atoms with Crippen LogP contribution in [0.1, 0.15) is 72.1 Å². The summed E-state index contributed by atoms with van der Waals surface area (Å²) in [4.78, 5) is 67.7. The van der Waals surface area contributed by atoms with Gasteiger partial charge in [0.1, 0.15) is 6.04 Å². The lowest BCUT2D eigenvalue weighted by Gasteiger charge is -2.37. The van der Waals surface area contributed by atoms with Gasteiger partial charge < -0.3 is 15.5 Å². The lowest BCUT2D eigenvalue weighted by atomic mass is 10.0. The standard InChI is InChI=1S/C25H33N5O5/c26-12-5-3-1-2-4-9-21(32)29-15-13-28(14-16-29)18-8-6-7-17-22(18)25(35)30(24(17)34)19-10-11-20(31)27-23(19)33/h6-8,19H,1-5,9-16,26H2,(H,27,31,33). The number of benzene rings is 1. The molecule has 3 aliphatic rings. The van der Waals surface area contributed by atoms with Crippen molar-refractivity contribution in [3.8, 4) is 0 Å². The number of hydrogen-bond acceptors (Lipinski definition) is 7. The van der Waals surface area contributed by atoms with Gasteiger partial charge in [0.25, 0.3) is 11.8 Å². The van der Waals surface area contributed by atoms with E-state index in [1.165, 1.54) is 0 Å². The van der Waals surface area contributed by atoms with Crippen molar-refractivity contribution in [2.45, 2.75) is 57.4 Å². The zero-order valence-corrected chi connectivity index (χ0v) is 20.0. The molecule has 3 N–H and O–H groups in total. The summed E-state index contributed by atoms with van der Waals surface area (Å²) in [5.74, 6) is -1.90. The fraction of sp³-hybridized carbons (Fsp3) is 0.560. The molecule has 35 heavy (non-hydrogen) atoms. The van der Waals surface area contributed by atoms with E-state index >= 15 is 0 Å². The van der Waals surface area contributed by atoms with Crippen LogP contribution in [0.5, 0.6) is 0 Å². The molecule has 10 nitrogen and oxygen atoms in total. The summed E-state index contributed by atoms with van der Waals surface area (Å²) in [7, 11) is 0. The number of piperidine rings is 1. The third kappa shape index (κ3) is 5.22. The molecule has 2 saturated heterocycles. The Morgan fingerprint density at radius 3 is 2.37 bits per heavy atom. The molecule has 188 valence electrons. The minimum atomic E-state index is -0.988. The molecule has 1 unspecified atom stereocenters. The highest BCUT2D eigenvalue weighted by atomic mass is 16.2. The van der Waals surface area contributed by atoms with E-state index in [0.717, 1.165) is 37.0 Å². The molecule has 2 fully saturated rings. The highest BCUT2D eigenvalue weighted by molar-refractivity contribution is 6.25.